The van der Waals surface area contributed by atoms with Gasteiger partial charge in [-0.15, -0.1) is 0 Å². The lowest BCUT2D eigenvalue weighted by atomic mass is 9.87. The summed E-state index contributed by atoms with van der Waals surface area (Å²) < 4.78 is 14.2. The van der Waals surface area contributed by atoms with Gasteiger partial charge in [0.1, 0.15) is 5.75 Å². The lowest BCUT2D eigenvalue weighted by molar-refractivity contribution is 0.0708. The molecule has 0 unspecified atom stereocenters. The molecule has 146 valence electrons. The van der Waals surface area contributed by atoms with Gasteiger partial charge in [0.05, 0.1) is 6.20 Å². The molecule has 6 nitrogen and oxygen atoms in total. The van der Waals surface area contributed by atoms with Crippen molar-refractivity contribution in [2.24, 2.45) is 0 Å². The predicted molar refractivity (Wildman–Crippen MR) is 106 cm³/mol. The summed E-state index contributed by atoms with van der Waals surface area (Å²) in [5.74, 6) is 0.253. The zero-order valence-electron chi connectivity index (χ0n) is 16.2. The summed E-state index contributed by atoms with van der Waals surface area (Å²) in [6.07, 6.45) is 4.19. The summed E-state index contributed by atoms with van der Waals surface area (Å²) in [6, 6.07) is 6.72. The first-order valence-electron chi connectivity index (χ1n) is 9.47. The van der Waals surface area contributed by atoms with Gasteiger partial charge in [-0.05, 0) is 63.9 Å². The van der Waals surface area contributed by atoms with Crippen molar-refractivity contribution in [3.05, 3.63) is 36.3 Å². The minimum absolute atomic E-state index is 0.0720. The molecule has 0 bridgehead atoms. The summed E-state index contributed by atoms with van der Waals surface area (Å²) in [6.45, 7) is 8.75. The van der Waals surface area contributed by atoms with Gasteiger partial charge in [0.25, 0.3) is 0 Å². The van der Waals surface area contributed by atoms with Crippen LogP contribution in [0, 0.1) is 5.82 Å². The number of hydrogen-bond acceptors (Lipinski definition) is 6. The number of aromatic nitrogens is 2. The highest BCUT2D eigenvalue weighted by molar-refractivity contribution is 5.56. The first-order valence-corrected chi connectivity index (χ1v) is 9.47. The maximum Gasteiger partial charge on any atom is 0.229 e. The molecule has 1 aromatic heterocycles. The fourth-order valence-corrected chi connectivity index (χ4v) is 3.65. The maximum absolute atomic E-state index is 14.2. The average Bonchev–Trinajstić information content (AvgIpc) is 2.62. The lowest BCUT2D eigenvalue weighted by Gasteiger charge is -2.46. The quantitative estimate of drug-likeness (QED) is 0.661. The number of aromatic hydroxyl groups is 1. The van der Waals surface area contributed by atoms with Crippen LogP contribution in [-0.2, 0) is 0 Å². The lowest BCUT2D eigenvalue weighted by Crippen LogP contribution is -2.53. The molecule has 1 aliphatic rings. The largest absolute Gasteiger partial charge is 0.508 e. The summed E-state index contributed by atoms with van der Waals surface area (Å²) in [5.41, 5.74) is 0.794. The maximum atomic E-state index is 14.2. The summed E-state index contributed by atoms with van der Waals surface area (Å²) in [5, 5.41) is 15.7. The van der Waals surface area contributed by atoms with Gasteiger partial charge in [-0.1, -0.05) is 6.92 Å². The molecular weight excluding hydrogens is 345 g/mol. The Labute approximate surface area is 159 Å². The summed E-state index contributed by atoms with van der Waals surface area (Å²) in [7, 11) is 0. The summed E-state index contributed by atoms with van der Waals surface area (Å²) >= 11 is 0. The van der Waals surface area contributed by atoms with Gasteiger partial charge in [0.15, 0.2) is 11.6 Å². The third-order valence-electron chi connectivity index (χ3n) is 5.05. The number of benzene rings is 1. The Morgan fingerprint density at radius 2 is 2.04 bits per heavy atom. The molecule has 0 amide bonds. The highest BCUT2D eigenvalue weighted by Crippen LogP contribution is 2.30. The van der Waals surface area contributed by atoms with E-state index in [1.165, 1.54) is 6.20 Å². The van der Waals surface area contributed by atoms with Crippen LogP contribution in [0.2, 0.25) is 0 Å². The van der Waals surface area contributed by atoms with Crippen molar-refractivity contribution in [2.75, 3.05) is 23.7 Å². The van der Waals surface area contributed by atoms with Crippen LogP contribution in [0.3, 0.4) is 0 Å². The fourth-order valence-electron chi connectivity index (χ4n) is 3.65. The molecule has 0 aliphatic carbocycles. The monoisotopic (exact) mass is 373 g/mol. The molecule has 7 heteroatoms. The third-order valence-corrected chi connectivity index (χ3v) is 5.05. The minimum Gasteiger partial charge on any atom is -0.508 e. The number of nitrogens with zero attached hydrogens (tertiary/aromatic N) is 3. The Balaban J connectivity index is 1.69. The molecule has 1 aliphatic heterocycles. The number of anilines is 3. The van der Waals surface area contributed by atoms with Crippen LogP contribution in [0.15, 0.2) is 30.5 Å². The van der Waals surface area contributed by atoms with Crippen molar-refractivity contribution >= 4 is 17.5 Å². The van der Waals surface area contributed by atoms with Crippen molar-refractivity contribution in [3.63, 3.8) is 0 Å². The van der Waals surface area contributed by atoms with Gasteiger partial charge < -0.3 is 15.7 Å². The molecule has 3 rings (SSSR count). The smallest absolute Gasteiger partial charge is 0.229 e. The van der Waals surface area contributed by atoms with Gasteiger partial charge in [0.2, 0.25) is 5.95 Å². The Kier molecular flexibility index (Phi) is 5.79. The van der Waals surface area contributed by atoms with Gasteiger partial charge in [-0.25, -0.2) is 9.37 Å². The van der Waals surface area contributed by atoms with E-state index in [-0.39, 0.29) is 23.1 Å². The van der Waals surface area contributed by atoms with Crippen LogP contribution in [0.25, 0.3) is 0 Å². The van der Waals surface area contributed by atoms with Gasteiger partial charge in [-0.3, -0.25) is 4.90 Å². The highest BCUT2D eigenvalue weighted by Gasteiger charge is 2.34. The Morgan fingerprint density at radius 1 is 1.30 bits per heavy atom. The molecule has 2 aromatic rings. The van der Waals surface area contributed by atoms with E-state index in [2.05, 4.69) is 46.3 Å². The van der Waals surface area contributed by atoms with Gasteiger partial charge in [0, 0.05) is 23.8 Å². The van der Waals surface area contributed by atoms with Crippen molar-refractivity contribution in [1.29, 1.82) is 0 Å². The second-order valence-corrected chi connectivity index (χ2v) is 7.70. The number of phenols is 1. The Bertz CT molecular complexity index is 765. The van der Waals surface area contributed by atoms with Gasteiger partial charge >= 0.3 is 0 Å². The van der Waals surface area contributed by atoms with Crippen LogP contribution in [0.5, 0.6) is 5.75 Å². The minimum atomic E-state index is -0.458. The third kappa shape index (κ3) is 4.86. The van der Waals surface area contributed by atoms with Crippen LogP contribution >= 0.6 is 0 Å². The topological polar surface area (TPSA) is 73.3 Å². The van der Waals surface area contributed by atoms with E-state index in [4.69, 9.17) is 0 Å². The molecule has 0 saturated carbocycles. The molecule has 1 aromatic carbocycles. The van der Waals surface area contributed by atoms with E-state index in [9.17, 15) is 9.50 Å². The van der Waals surface area contributed by atoms with E-state index in [0.29, 0.717) is 5.95 Å². The van der Waals surface area contributed by atoms with Crippen LogP contribution < -0.4 is 10.6 Å². The van der Waals surface area contributed by atoms with E-state index in [1.807, 2.05) is 0 Å². The van der Waals surface area contributed by atoms with Crippen molar-refractivity contribution < 1.29 is 9.50 Å². The van der Waals surface area contributed by atoms with Crippen molar-refractivity contribution in [2.45, 2.75) is 51.6 Å². The first-order chi connectivity index (χ1) is 12.9. The van der Waals surface area contributed by atoms with Crippen molar-refractivity contribution in [3.8, 4) is 5.75 Å². The van der Waals surface area contributed by atoms with Crippen molar-refractivity contribution in [1.82, 2.24) is 14.9 Å². The number of likely N-dealkylation sites (tertiary alicyclic amines) is 1. The standard InChI is InChI=1S/C20H28FN5O/c1-4-10-26-11-9-15(12-20(26,2)3)23-18-17(21)13-22-19(25-18)24-14-5-7-16(27)8-6-14/h5-8,13,15,27H,4,9-12H2,1-3H3,(H2,22,23,24,25)/t15-/m1/s1. The van der Waals surface area contributed by atoms with Crippen LogP contribution in [-0.4, -0.2) is 44.6 Å². The molecule has 2 heterocycles. The number of hydrogen-bond donors (Lipinski definition) is 3. The van der Waals surface area contributed by atoms with E-state index in [1.54, 1.807) is 24.3 Å². The zero-order valence-corrected chi connectivity index (χ0v) is 16.2. The average molecular weight is 373 g/mol. The molecule has 1 atom stereocenters. The molecular formula is C20H28FN5O. The normalized spacial score (nSPS) is 19.6. The number of phenolic OH excluding ortho intramolecular Hbond substituents is 1. The Hall–Kier alpha value is -2.41. The highest BCUT2D eigenvalue weighted by atomic mass is 19.1. The van der Waals surface area contributed by atoms with E-state index in [0.717, 1.165) is 38.0 Å². The molecule has 1 saturated heterocycles. The second-order valence-electron chi connectivity index (χ2n) is 7.70. The first kappa shape index (κ1) is 19.4. The number of halogens is 1. The SMILES string of the molecule is CCCN1CC[C@@H](Nc2nc(Nc3ccc(O)cc3)ncc2F)CC1(C)C. The van der Waals surface area contributed by atoms with Crippen LogP contribution in [0.1, 0.15) is 40.0 Å². The molecule has 0 radical (unpaired) electrons. The van der Waals surface area contributed by atoms with Gasteiger partial charge in [-0.2, -0.15) is 4.98 Å². The Morgan fingerprint density at radius 3 is 2.70 bits per heavy atom. The number of piperidine rings is 1. The molecule has 27 heavy (non-hydrogen) atoms. The predicted octanol–water partition coefficient (Wildman–Crippen LogP) is 4.13. The molecule has 0 spiro atoms. The second kappa shape index (κ2) is 8.08. The van der Waals surface area contributed by atoms with Crippen LogP contribution in [0.4, 0.5) is 21.8 Å². The molecule has 3 N–H and O–H groups in total. The fraction of sp³-hybridized carbons (Fsp3) is 0.500. The van der Waals surface area contributed by atoms with E-state index < -0.39 is 5.82 Å². The molecule has 1 fully saturated rings. The number of rotatable bonds is 6. The zero-order chi connectivity index (χ0) is 19.4. The summed E-state index contributed by atoms with van der Waals surface area (Å²) in [4.78, 5) is 10.8. The van der Waals surface area contributed by atoms with E-state index >= 15 is 0 Å². The number of nitrogens with one attached hydrogen (secondary N) is 2.